The number of thiocarbonyl (C=S) groups is 1. The van der Waals surface area contributed by atoms with Gasteiger partial charge in [-0.25, -0.2) is 0 Å². The topological polar surface area (TPSA) is 67.2 Å². The molecule has 0 bridgehead atoms. The van der Waals surface area contributed by atoms with Crippen molar-refractivity contribution < 1.29 is 4.79 Å². The summed E-state index contributed by atoms with van der Waals surface area (Å²) in [6.07, 6.45) is 0. The molecule has 0 aliphatic carbocycles. The number of benzene rings is 1. The van der Waals surface area contributed by atoms with E-state index in [1.54, 1.807) is 0 Å². The number of nitrogens with two attached hydrogens (primary N) is 1. The SMILES string of the molecule is CCNC(=O)CNc1cc(Br)ccc1C(N)=S. The predicted octanol–water partition coefficient (Wildman–Crippen LogP) is 1.63. The van der Waals surface area contributed by atoms with Crippen LogP contribution >= 0.6 is 28.1 Å². The Morgan fingerprint density at radius 2 is 2.24 bits per heavy atom. The highest BCUT2D eigenvalue weighted by molar-refractivity contribution is 9.10. The van der Waals surface area contributed by atoms with E-state index in [2.05, 4.69) is 26.6 Å². The van der Waals surface area contributed by atoms with Gasteiger partial charge in [-0.2, -0.15) is 0 Å². The molecule has 4 nitrogen and oxygen atoms in total. The van der Waals surface area contributed by atoms with Crippen molar-refractivity contribution in [3.63, 3.8) is 0 Å². The number of anilines is 1. The van der Waals surface area contributed by atoms with Crippen LogP contribution in [0.5, 0.6) is 0 Å². The van der Waals surface area contributed by atoms with Gasteiger partial charge in [0.1, 0.15) is 4.99 Å². The lowest BCUT2D eigenvalue weighted by Gasteiger charge is -2.11. The van der Waals surface area contributed by atoms with Crippen LogP contribution in [0.2, 0.25) is 0 Å². The zero-order valence-electron chi connectivity index (χ0n) is 9.42. The smallest absolute Gasteiger partial charge is 0.239 e. The normalized spacial score (nSPS) is 9.76. The number of nitrogens with one attached hydrogen (secondary N) is 2. The highest BCUT2D eigenvalue weighted by atomic mass is 79.9. The van der Waals surface area contributed by atoms with Crippen molar-refractivity contribution in [3.8, 4) is 0 Å². The molecular formula is C11H14BrN3OS. The fraction of sp³-hybridized carbons (Fsp3) is 0.273. The van der Waals surface area contributed by atoms with E-state index in [-0.39, 0.29) is 12.5 Å². The van der Waals surface area contributed by atoms with E-state index in [1.807, 2.05) is 25.1 Å². The van der Waals surface area contributed by atoms with Crippen molar-refractivity contribution in [3.05, 3.63) is 28.2 Å². The third-order valence-corrected chi connectivity index (χ3v) is 2.77. The van der Waals surface area contributed by atoms with Gasteiger partial charge in [0.15, 0.2) is 0 Å². The maximum absolute atomic E-state index is 11.3. The van der Waals surface area contributed by atoms with E-state index >= 15 is 0 Å². The number of carbonyl (C=O) groups is 1. The second-order valence-corrected chi connectivity index (χ2v) is 4.72. The van der Waals surface area contributed by atoms with Crippen LogP contribution in [-0.4, -0.2) is 24.0 Å². The van der Waals surface area contributed by atoms with Gasteiger partial charge in [-0.3, -0.25) is 4.79 Å². The van der Waals surface area contributed by atoms with Crippen molar-refractivity contribution in [1.29, 1.82) is 0 Å². The molecule has 92 valence electrons. The lowest BCUT2D eigenvalue weighted by Crippen LogP contribution is -2.30. The van der Waals surface area contributed by atoms with Gasteiger partial charge >= 0.3 is 0 Å². The highest BCUT2D eigenvalue weighted by Gasteiger charge is 2.07. The Kier molecular flexibility index (Phi) is 5.37. The predicted molar refractivity (Wildman–Crippen MR) is 77.2 cm³/mol. The zero-order valence-corrected chi connectivity index (χ0v) is 11.8. The minimum absolute atomic E-state index is 0.0682. The Morgan fingerprint density at radius 3 is 2.82 bits per heavy atom. The number of hydrogen-bond donors (Lipinski definition) is 3. The summed E-state index contributed by atoms with van der Waals surface area (Å²) in [4.78, 5) is 11.6. The molecular weight excluding hydrogens is 302 g/mol. The van der Waals surface area contributed by atoms with Crippen molar-refractivity contribution >= 4 is 44.7 Å². The summed E-state index contributed by atoms with van der Waals surface area (Å²) in [6.45, 7) is 2.68. The van der Waals surface area contributed by atoms with E-state index in [0.29, 0.717) is 11.5 Å². The van der Waals surface area contributed by atoms with Crippen LogP contribution in [0.25, 0.3) is 0 Å². The summed E-state index contributed by atoms with van der Waals surface area (Å²) in [6, 6.07) is 5.51. The largest absolute Gasteiger partial charge is 0.389 e. The molecule has 0 saturated heterocycles. The number of halogens is 1. The first kappa shape index (κ1) is 13.9. The Morgan fingerprint density at radius 1 is 1.53 bits per heavy atom. The Labute approximate surface area is 114 Å². The Balaban J connectivity index is 2.78. The lowest BCUT2D eigenvalue weighted by molar-refractivity contribution is -0.119. The molecule has 4 N–H and O–H groups in total. The monoisotopic (exact) mass is 315 g/mol. The van der Waals surface area contributed by atoms with Crippen molar-refractivity contribution in [1.82, 2.24) is 5.32 Å². The standard InChI is InChI=1S/C11H14BrN3OS/c1-2-14-10(16)6-15-9-5-7(12)3-4-8(9)11(13)17/h3-5,15H,2,6H2,1H3,(H2,13,17)(H,14,16). The number of rotatable bonds is 5. The highest BCUT2D eigenvalue weighted by Crippen LogP contribution is 2.21. The van der Waals surface area contributed by atoms with Crippen LogP contribution in [0, 0.1) is 0 Å². The number of carbonyl (C=O) groups excluding carboxylic acids is 1. The molecule has 0 heterocycles. The van der Waals surface area contributed by atoms with Gasteiger partial charge in [-0.05, 0) is 25.1 Å². The van der Waals surface area contributed by atoms with Gasteiger partial charge in [-0.15, -0.1) is 0 Å². The minimum Gasteiger partial charge on any atom is -0.389 e. The number of likely N-dealkylation sites (N-methyl/N-ethyl adjacent to an activating group) is 1. The fourth-order valence-corrected chi connectivity index (χ4v) is 1.85. The van der Waals surface area contributed by atoms with Crippen LogP contribution in [-0.2, 0) is 4.79 Å². The first-order valence-corrected chi connectivity index (χ1v) is 6.34. The molecule has 6 heteroatoms. The summed E-state index contributed by atoms with van der Waals surface area (Å²) < 4.78 is 0.899. The molecule has 0 atom stereocenters. The molecule has 1 amide bonds. The summed E-state index contributed by atoms with van der Waals surface area (Å²) in [7, 11) is 0. The fourth-order valence-electron chi connectivity index (χ4n) is 1.31. The van der Waals surface area contributed by atoms with E-state index in [1.165, 1.54) is 0 Å². The summed E-state index contributed by atoms with van der Waals surface area (Å²) in [5.41, 5.74) is 7.08. The van der Waals surface area contributed by atoms with Crippen LogP contribution in [0.4, 0.5) is 5.69 Å². The Hall–Kier alpha value is -1.14. The van der Waals surface area contributed by atoms with Crippen LogP contribution in [0.3, 0.4) is 0 Å². The summed E-state index contributed by atoms with van der Waals surface area (Å²) >= 11 is 8.30. The Bertz CT molecular complexity index is 437. The van der Waals surface area contributed by atoms with Gasteiger partial charge < -0.3 is 16.4 Å². The molecule has 1 aromatic carbocycles. The molecule has 1 aromatic rings. The van der Waals surface area contributed by atoms with Gasteiger partial charge in [0.25, 0.3) is 0 Å². The number of hydrogen-bond acceptors (Lipinski definition) is 3. The molecule has 17 heavy (non-hydrogen) atoms. The number of amides is 1. The molecule has 0 aliphatic rings. The first-order valence-electron chi connectivity index (χ1n) is 5.14. The zero-order chi connectivity index (χ0) is 12.8. The van der Waals surface area contributed by atoms with E-state index < -0.39 is 0 Å². The third-order valence-electron chi connectivity index (χ3n) is 2.06. The summed E-state index contributed by atoms with van der Waals surface area (Å²) in [5.74, 6) is -0.0682. The van der Waals surface area contributed by atoms with Gasteiger partial charge in [0.05, 0.1) is 6.54 Å². The second kappa shape index (κ2) is 6.56. The summed E-state index contributed by atoms with van der Waals surface area (Å²) in [5, 5.41) is 5.71. The molecule has 0 spiro atoms. The molecule has 0 radical (unpaired) electrons. The minimum atomic E-state index is -0.0682. The van der Waals surface area contributed by atoms with E-state index in [0.717, 1.165) is 15.7 Å². The van der Waals surface area contributed by atoms with Crippen LogP contribution in [0.1, 0.15) is 12.5 Å². The second-order valence-electron chi connectivity index (χ2n) is 3.36. The third kappa shape index (κ3) is 4.32. The maximum Gasteiger partial charge on any atom is 0.239 e. The van der Waals surface area contributed by atoms with Crippen molar-refractivity contribution in [2.45, 2.75) is 6.92 Å². The van der Waals surface area contributed by atoms with Crippen LogP contribution < -0.4 is 16.4 Å². The van der Waals surface area contributed by atoms with Gasteiger partial charge in [0.2, 0.25) is 5.91 Å². The van der Waals surface area contributed by atoms with Gasteiger partial charge in [-0.1, -0.05) is 28.1 Å². The van der Waals surface area contributed by atoms with Crippen LogP contribution in [0.15, 0.2) is 22.7 Å². The average Bonchev–Trinajstić information content (AvgIpc) is 2.26. The van der Waals surface area contributed by atoms with Crippen molar-refractivity contribution in [2.75, 3.05) is 18.4 Å². The quantitative estimate of drug-likeness (QED) is 0.723. The van der Waals surface area contributed by atoms with E-state index in [4.69, 9.17) is 18.0 Å². The molecule has 0 aliphatic heterocycles. The van der Waals surface area contributed by atoms with Gasteiger partial charge in [0, 0.05) is 22.3 Å². The lowest BCUT2D eigenvalue weighted by atomic mass is 10.2. The molecule has 1 rings (SSSR count). The maximum atomic E-state index is 11.3. The average molecular weight is 316 g/mol. The molecule has 0 aromatic heterocycles. The first-order chi connectivity index (χ1) is 8.04. The van der Waals surface area contributed by atoms with Crippen molar-refractivity contribution in [2.24, 2.45) is 5.73 Å². The van der Waals surface area contributed by atoms with E-state index in [9.17, 15) is 4.79 Å². The molecule has 0 fully saturated rings. The molecule has 0 saturated carbocycles. The molecule has 0 unspecified atom stereocenters.